The molecule has 0 heterocycles. The quantitative estimate of drug-likeness (QED) is 0.344. The molecule has 2 atom stereocenters. The molecule has 1 amide bonds. The fourth-order valence-corrected chi connectivity index (χ4v) is 3.27. The molecule has 3 aromatic carbocycles. The molecule has 13 heteroatoms. The standard InChI is InChI=1S/C25H16Cl2F3NO7/c26-16-8-4-13(5-9-16)23(35)37-19(21(32)31-18-3-1-2-15(12-18)25(28,29)30)20(22(33)34)38-24(36)14-6-10-17(27)11-7-14/h1-12,19-20H,(H,31,32)(H,33,34)/t19-,20-/m0/s1. The van der Waals surface area contributed by atoms with Crippen molar-refractivity contribution in [2.75, 3.05) is 5.32 Å². The number of carbonyl (C=O) groups excluding carboxylic acids is 3. The van der Waals surface area contributed by atoms with Gasteiger partial charge in [0.1, 0.15) is 0 Å². The Bertz CT molecular complexity index is 1350. The lowest BCUT2D eigenvalue weighted by atomic mass is 10.1. The van der Waals surface area contributed by atoms with Gasteiger partial charge in [-0.25, -0.2) is 14.4 Å². The minimum Gasteiger partial charge on any atom is -0.478 e. The largest absolute Gasteiger partial charge is 0.478 e. The first-order valence-corrected chi connectivity index (χ1v) is 11.2. The number of halogens is 5. The van der Waals surface area contributed by atoms with Crippen LogP contribution in [0.4, 0.5) is 18.9 Å². The SMILES string of the molecule is O=C(O[C@H](C(=O)O)[C@H](OC(=O)c1ccc(Cl)cc1)C(=O)Nc1cccc(C(F)(F)F)c1)c1ccc(Cl)cc1. The Morgan fingerprint density at radius 3 is 1.68 bits per heavy atom. The second kappa shape index (κ2) is 12.0. The van der Waals surface area contributed by atoms with Crippen molar-refractivity contribution in [1.82, 2.24) is 0 Å². The van der Waals surface area contributed by atoms with Crippen molar-refractivity contribution in [3.05, 3.63) is 99.5 Å². The van der Waals surface area contributed by atoms with Gasteiger partial charge in [-0.2, -0.15) is 13.2 Å². The summed E-state index contributed by atoms with van der Waals surface area (Å²) >= 11 is 11.6. The van der Waals surface area contributed by atoms with Gasteiger partial charge in [0.25, 0.3) is 5.91 Å². The number of rotatable bonds is 8. The van der Waals surface area contributed by atoms with Crippen LogP contribution in [0.15, 0.2) is 72.8 Å². The summed E-state index contributed by atoms with van der Waals surface area (Å²) in [6, 6.07) is 13.6. The van der Waals surface area contributed by atoms with Crippen LogP contribution in [-0.2, 0) is 25.2 Å². The summed E-state index contributed by atoms with van der Waals surface area (Å²) in [7, 11) is 0. The van der Waals surface area contributed by atoms with E-state index in [9.17, 15) is 37.5 Å². The van der Waals surface area contributed by atoms with Crippen LogP contribution >= 0.6 is 23.2 Å². The number of amides is 1. The van der Waals surface area contributed by atoms with Gasteiger partial charge in [-0.3, -0.25) is 4.79 Å². The topological polar surface area (TPSA) is 119 Å². The summed E-state index contributed by atoms with van der Waals surface area (Å²) in [6.45, 7) is 0. The molecule has 0 aromatic heterocycles. The first-order chi connectivity index (χ1) is 17.8. The van der Waals surface area contributed by atoms with Gasteiger partial charge in [0.2, 0.25) is 12.2 Å². The van der Waals surface area contributed by atoms with Crippen molar-refractivity contribution in [3.8, 4) is 0 Å². The third-order valence-corrected chi connectivity index (χ3v) is 5.37. The highest BCUT2D eigenvalue weighted by atomic mass is 35.5. The van der Waals surface area contributed by atoms with E-state index in [2.05, 4.69) is 5.32 Å². The lowest BCUT2D eigenvalue weighted by Gasteiger charge is -2.23. The van der Waals surface area contributed by atoms with Gasteiger partial charge in [0.05, 0.1) is 16.7 Å². The molecule has 3 aromatic rings. The number of anilines is 1. The van der Waals surface area contributed by atoms with E-state index in [4.69, 9.17) is 32.7 Å². The van der Waals surface area contributed by atoms with E-state index in [1.54, 1.807) is 0 Å². The Morgan fingerprint density at radius 1 is 0.763 bits per heavy atom. The highest BCUT2D eigenvalue weighted by Gasteiger charge is 2.41. The van der Waals surface area contributed by atoms with Gasteiger partial charge in [-0.05, 0) is 66.7 Å². The number of alkyl halides is 3. The van der Waals surface area contributed by atoms with Crippen LogP contribution in [0.3, 0.4) is 0 Å². The molecule has 0 aliphatic heterocycles. The van der Waals surface area contributed by atoms with E-state index in [0.717, 1.165) is 18.2 Å². The molecule has 0 fully saturated rings. The number of benzene rings is 3. The molecule has 0 aliphatic carbocycles. The lowest BCUT2D eigenvalue weighted by Crippen LogP contribution is -2.48. The van der Waals surface area contributed by atoms with E-state index < -0.39 is 47.8 Å². The Morgan fingerprint density at radius 2 is 1.24 bits per heavy atom. The van der Waals surface area contributed by atoms with Crippen molar-refractivity contribution < 1.29 is 46.9 Å². The third kappa shape index (κ3) is 7.46. The number of ether oxygens (including phenoxy) is 2. The van der Waals surface area contributed by atoms with E-state index >= 15 is 0 Å². The summed E-state index contributed by atoms with van der Waals surface area (Å²) in [5.74, 6) is -5.64. The summed E-state index contributed by atoms with van der Waals surface area (Å²) in [4.78, 5) is 50.3. The van der Waals surface area contributed by atoms with E-state index in [-0.39, 0.29) is 26.9 Å². The number of hydrogen-bond donors (Lipinski definition) is 2. The zero-order chi connectivity index (χ0) is 28.0. The fourth-order valence-electron chi connectivity index (χ4n) is 3.02. The lowest BCUT2D eigenvalue weighted by molar-refractivity contribution is -0.157. The zero-order valence-corrected chi connectivity index (χ0v) is 20.4. The Kier molecular flexibility index (Phi) is 8.97. The first-order valence-electron chi connectivity index (χ1n) is 10.5. The molecule has 0 saturated carbocycles. The van der Waals surface area contributed by atoms with Crippen molar-refractivity contribution >= 4 is 52.7 Å². The molecule has 3 rings (SSSR count). The number of hydrogen-bond acceptors (Lipinski definition) is 6. The molecule has 0 saturated heterocycles. The predicted octanol–water partition coefficient (Wildman–Crippen LogP) is 5.49. The molecule has 0 spiro atoms. The molecule has 38 heavy (non-hydrogen) atoms. The number of aliphatic carboxylic acids is 1. The molecular weight excluding hydrogens is 554 g/mol. The Balaban J connectivity index is 1.93. The Labute approximate surface area is 222 Å². The van der Waals surface area contributed by atoms with Gasteiger partial charge in [0, 0.05) is 15.7 Å². The predicted molar refractivity (Wildman–Crippen MR) is 129 cm³/mol. The van der Waals surface area contributed by atoms with Gasteiger partial charge in [-0.1, -0.05) is 29.3 Å². The molecule has 0 bridgehead atoms. The fraction of sp³-hybridized carbons (Fsp3) is 0.120. The monoisotopic (exact) mass is 569 g/mol. The second-order valence-corrected chi connectivity index (χ2v) is 8.44. The summed E-state index contributed by atoms with van der Waals surface area (Å²) in [5, 5.41) is 12.3. The molecule has 0 aliphatic rings. The first kappa shape index (κ1) is 28.5. The highest BCUT2D eigenvalue weighted by Crippen LogP contribution is 2.31. The highest BCUT2D eigenvalue weighted by molar-refractivity contribution is 6.31. The number of carboxylic acid groups (broad SMARTS) is 1. The number of carboxylic acids is 1. The van der Waals surface area contributed by atoms with E-state index in [1.165, 1.54) is 48.5 Å². The van der Waals surface area contributed by atoms with Gasteiger partial charge in [-0.15, -0.1) is 0 Å². The summed E-state index contributed by atoms with van der Waals surface area (Å²) in [5.41, 5.74) is -1.76. The van der Waals surface area contributed by atoms with Crippen LogP contribution in [0, 0.1) is 0 Å². The summed E-state index contributed by atoms with van der Waals surface area (Å²) in [6.07, 6.45) is -9.44. The van der Waals surface area contributed by atoms with Crippen molar-refractivity contribution in [2.24, 2.45) is 0 Å². The average molecular weight is 570 g/mol. The van der Waals surface area contributed by atoms with Crippen molar-refractivity contribution in [3.63, 3.8) is 0 Å². The maximum absolute atomic E-state index is 13.1. The molecule has 198 valence electrons. The van der Waals surface area contributed by atoms with E-state index in [0.29, 0.717) is 6.07 Å². The van der Waals surface area contributed by atoms with Crippen molar-refractivity contribution in [2.45, 2.75) is 18.4 Å². The van der Waals surface area contributed by atoms with Gasteiger partial charge < -0.3 is 19.9 Å². The van der Waals surface area contributed by atoms with Crippen LogP contribution in [0.1, 0.15) is 26.3 Å². The average Bonchev–Trinajstić information content (AvgIpc) is 2.86. The van der Waals surface area contributed by atoms with Crippen LogP contribution in [0.25, 0.3) is 0 Å². The van der Waals surface area contributed by atoms with Gasteiger partial charge >= 0.3 is 24.1 Å². The zero-order valence-electron chi connectivity index (χ0n) is 18.9. The van der Waals surface area contributed by atoms with Crippen LogP contribution in [0.2, 0.25) is 10.0 Å². The molecule has 2 N–H and O–H groups in total. The molecular formula is C25H16Cl2F3NO7. The van der Waals surface area contributed by atoms with Crippen molar-refractivity contribution in [1.29, 1.82) is 0 Å². The van der Waals surface area contributed by atoms with Crippen LogP contribution < -0.4 is 5.32 Å². The smallest absolute Gasteiger partial charge is 0.416 e. The Hall–Kier alpha value is -4.09. The molecule has 0 unspecified atom stereocenters. The number of esters is 2. The summed E-state index contributed by atoms with van der Waals surface area (Å²) < 4.78 is 49.3. The van der Waals surface area contributed by atoms with Crippen LogP contribution in [-0.4, -0.2) is 41.1 Å². The maximum Gasteiger partial charge on any atom is 0.416 e. The van der Waals surface area contributed by atoms with E-state index in [1.807, 2.05) is 0 Å². The number of nitrogens with one attached hydrogen (secondary N) is 1. The maximum atomic E-state index is 13.1. The molecule has 0 radical (unpaired) electrons. The number of carbonyl (C=O) groups is 4. The second-order valence-electron chi connectivity index (χ2n) is 7.57. The third-order valence-electron chi connectivity index (χ3n) is 4.86. The minimum atomic E-state index is -4.74. The van der Waals surface area contributed by atoms with Gasteiger partial charge in [0.15, 0.2) is 0 Å². The molecule has 8 nitrogen and oxygen atoms in total. The van der Waals surface area contributed by atoms with Crippen LogP contribution in [0.5, 0.6) is 0 Å². The normalized spacial score (nSPS) is 12.7. The minimum absolute atomic E-state index is 0.137.